The lowest BCUT2D eigenvalue weighted by Crippen LogP contribution is -2.44. The predicted octanol–water partition coefficient (Wildman–Crippen LogP) is 3.47. The van der Waals surface area contributed by atoms with Crippen LogP contribution in [0.4, 0.5) is 5.69 Å². The maximum Gasteiger partial charge on any atom is 0.277 e. The van der Waals surface area contributed by atoms with Crippen molar-refractivity contribution in [3.63, 3.8) is 0 Å². The fourth-order valence-corrected chi connectivity index (χ4v) is 5.42. The highest BCUT2D eigenvalue weighted by molar-refractivity contribution is 5.97. The zero-order valence-corrected chi connectivity index (χ0v) is 20.0. The van der Waals surface area contributed by atoms with Gasteiger partial charge in [-0.1, -0.05) is 0 Å². The molecule has 35 heavy (non-hydrogen) atoms. The lowest BCUT2D eigenvalue weighted by molar-refractivity contribution is -0.385. The van der Waals surface area contributed by atoms with Gasteiger partial charge in [0.15, 0.2) is 11.5 Å². The number of piperidine rings is 1. The molecule has 2 fully saturated rings. The minimum atomic E-state index is -0.361. The molecular formula is C25H29N3O7. The summed E-state index contributed by atoms with van der Waals surface area (Å²) in [6.07, 6.45) is 2.80. The third-order valence-electron chi connectivity index (χ3n) is 7.43. The van der Waals surface area contributed by atoms with Gasteiger partial charge in [-0.25, -0.2) is 0 Å². The van der Waals surface area contributed by atoms with E-state index in [2.05, 4.69) is 4.90 Å². The van der Waals surface area contributed by atoms with Gasteiger partial charge in [0.25, 0.3) is 11.6 Å². The Hall–Kier alpha value is -3.53. The van der Waals surface area contributed by atoms with Gasteiger partial charge in [0, 0.05) is 31.7 Å². The van der Waals surface area contributed by atoms with Gasteiger partial charge in [-0.15, -0.1) is 0 Å². The summed E-state index contributed by atoms with van der Waals surface area (Å²) < 4.78 is 21.4. The fraction of sp³-hybridized carbons (Fsp3) is 0.480. The van der Waals surface area contributed by atoms with E-state index in [9.17, 15) is 14.9 Å². The Morgan fingerprint density at radius 1 is 1.06 bits per heavy atom. The molecule has 3 aliphatic heterocycles. The summed E-state index contributed by atoms with van der Waals surface area (Å²) in [5.41, 5.74) is 1.31. The summed E-state index contributed by atoms with van der Waals surface area (Å²) in [5, 5.41) is 11.6. The maximum atomic E-state index is 13.2. The molecule has 2 saturated heterocycles. The molecule has 0 atom stereocenters. The number of carbonyl (C=O) groups is 1. The molecule has 0 saturated carbocycles. The van der Waals surface area contributed by atoms with Crippen molar-refractivity contribution in [1.82, 2.24) is 9.80 Å². The lowest BCUT2D eigenvalue weighted by atomic mass is 9.77. The summed E-state index contributed by atoms with van der Waals surface area (Å²) in [4.78, 5) is 28.7. The SMILES string of the molecule is COc1ccc(OC)c(C(=O)N2CCC3(CCN(Cc4cc5c(cc4[N+](=O)[O-])OCO5)C3)CC2)c1. The number of carbonyl (C=O) groups excluding carboxylic acids is 1. The monoisotopic (exact) mass is 483 g/mol. The van der Waals surface area contributed by atoms with Crippen LogP contribution in [0.3, 0.4) is 0 Å². The number of ether oxygens (including phenoxy) is 4. The van der Waals surface area contributed by atoms with Crippen molar-refractivity contribution in [3.05, 3.63) is 51.6 Å². The minimum absolute atomic E-state index is 0.0542. The van der Waals surface area contributed by atoms with Gasteiger partial charge in [-0.2, -0.15) is 0 Å². The fourth-order valence-electron chi connectivity index (χ4n) is 5.42. The second-order valence-electron chi connectivity index (χ2n) is 9.41. The van der Waals surface area contributed by atoms with Crippen LogP contribution in [0.5, 0.6) is 23.0 Å². The van der Waals surface area contributed by atoms with Gasteiger partial charge in [-0.05, 0) is 55.5 Å². The summed E-state index contributed by atoms with van der Waals surface area (Å²) in [7, 11) is 3.13. The lowest BCUT2D eigenvalue weighted by Gasteiger charge is -2.39. The number of hydrogen-bond acceptors (Lipinski definition) is 8. The van der Waals surface area contributed by atoms with Crippen LogP contribution in [0.2, 0.25) is 0 Å². The van der Waals surface area contributed by atoms with Crippen molar-refractivity contribution in [2.45, 2.75) is 25.8 Å². The highest BCUT2D eigenvalue weighted by atomic mass is 16.7. The molecule has 3 heterocycles. The van der Waals surface area contributed by atoms with Crippen molar-refractivity contribution >= 4 is 11.6 Å². The van der Waals surface area contributed by atoms with Crippen LogP contribution < -0.4 is 18.9 Å². The van der Waals surface area contributed by atoms with Gasteiger partial charge in [0.2, 0.25) is 6.79 Å². The topological polar surface area (TPSA) is 104 Å². The van der Waals surface area contributed by atoms with E-state index in [1.54, 1.807) is 38.5 Å². The first kappa shape index (κ1) is 23.2. The van der Waals surface area contributed by atoms with Gasteiger partial charge in [-0.3, -0.25) is 19.8 Å². The van der Waals surface area contributed by atoms with Crippen LogP contribution in [0, 0.1) is 15.5 Å². The van der Waals surface area contributed by atoms with Crippen LogP contribution in [0.1, 0.15) is 35.2 Å². The van der Waals surface area contributed by atoms with Crippen molar-refractivity contribution in [2.24, 2.45) is 5.41 Å². The van der Waals surface area contributed by atoms with E-state index >= 15 is 0 Å². The summed E-state index contributed by atoms with van der Waals surface area (Å²) in [6.45, 7) is 3.61. The Labute approximate surface area is 203 Å². The molecule has 0 N–H and O–H groups in total. The highest BCUT2D eigenvalue weighted by Crippen LogP contribution is 2.43. The highest BCUT2D eigenvalue weighted by Gasteiger charge is 2.42. The molecule has 5 rings (SSSR count). The molecule has 186 valence electrons. The minimum Gasteiger partial charge on any atom is -0.497 e. The zero-order chi connectivity index (χ0) is 24.6. The molecule has 0 radical (unpaired) electrons. The normalized spacial score (nSPS) is 18.6. The van der Waals surface area contributed by atoms with Crippen molar-refractivity contribution in [1.29, 1.82) is 0 Å². The van der Waals surface area contributed by atoms with Gasteiger partial charge in [0.05, 0.1) is 30.8 Å². The Kier molecular flexibility index (Phi) is 6.14. The second-order valence-corrected chi connectivity index (χ2v) is 9.41. The van der Waals surface area contributed by atoms with Crippen molar-refractivity contribution in [2.75, 3.05) is 47.2 Å². The van der Waals surface area contributed by atoms with Crippen LogP contribution in [0.25, 0.3) is 0 Å². The van der Waals surface area contributed by atoms with E-state index in [1.807, 2.05) is 4.90 Å². The molecule has 2 aromatic rings. The molecule has 10 heteroatoms. The quantitative estimate of drug-likeness (QED) is 0.455. The number of likely N-dealkylation sites (tertiary alicyclic amines) is 2. The molecule has 1 amide bonds. The zero-order valence-electron chi connectivity index (χ0n) is 20.0. The number of benzene rings is 2. The molecule has 0 aliphatic carbocycles. The van der Waals surface area contributed by atoms with Crippen LogP contribution in [0.15, 0.2) is 30.3 Å². The number of fused-ring (bicyclic) bond motifs is 1. The molecule has 1 spiro atoms. The first-order valence-corrected chi connectivity index (χ1v) is 11.7. The van der Waals surface area contributed by atoms with Gasteiger partial charge in [0.1, 0.15) is 11.5 Å². The number of hydrogen-bond donors (Lipinski definition) is 0. The number of rotatable bonds is 6. The summed E-state index contributed by atoms with van der Waals surface area (Å²) in [5.74, 6) is 2.07. The smallest absolute Gasteiger partial charge is 0.277 e. The Morgan fingerprint density at radius 2 is 1.77 bits per heavy atom. The third kappa shape index (κ3) is 4.45. The second kappa shape index (κ2) is 9.26. The molecule has 0 bridgehead atoms. The van der Waals surface area contributed by atoms with E-state index in [0.717, 1.165) is 32.4 Å². The molecule has 0 unspecified atom stereocenters. The third-order valence-corrected chi connectivity index (χ3v) is 7.43. The van der Waals surface area contributed by atoms with Crippen molar-refractivity contribution < 1.29 is 28.7 Å². The average molecular weight is 484 g/mol. The number of methoxy groups -OCH3 is 2. The Balaban J connectivity index is 1.24. The molecular weight excluding hydrogens is 454 g/mol. The number of nitro groups is 1. The predicted molar refractivity (Wildman–Crippen MR) is 126 cm³/mol. The van der Waals surface area contributed by atoms with E-state index in [-0.39, 0.29) is 28.7 Å². The largest absolute Gasteiger partial charge is 0.497 e. The van der Waals surface area contributed by atoms with E-state index in [0.29, 0.717) is 53.8 Å². The number of amides is 1. The maximum absolute atomic E-state index is 13.2. The molecule has 2 aromatic carbocycles. The molecule has 10 nitrogen and oxygen atoms in total. The molecule has 0 aromatic heterocycles. The molecule has 3 aliphatic rings. The first-order chi connectivity index (χ1) is 16.9. The van der Waals surface area contributed by atoms with Crippen molar-refractivity contribution in [3.8, 4) is 23.0 Å². The van der Waals surface area contributed by atoms with E-state index in [1.165, 1.54) is 6.07 Å². The van der Waals surface area contributed by atoms with Crippen LogP contribution >= 0.6 is 0 Å². The Morgan fingerprint density at radius 3 is 2.46 bits per heavy atom. The van der Waals surface area contributed by atoms with Gasteiger partial charge >= 0.3 is 0 Å². The van der Waals surface area contributed by atoms with Gasteiger partial charge < -0.3 is 23.8 Å². The standard InChI is InChI=1S/C25H29N3O7/c1-32-18-3-4-21(33-2)19(12-18)24(29)27-9-6-25(7-10-27)5-8-26(15-25)14-17-11-22-23(35-16-34-22)13-20(17)28(30)31/h3-4,11-13H,5-10,14-16H2,1-2H3. The van der Waals surface area contributed by atoms with E-state index in [4.69, 9.17) is 18.9 Å². The van der Waals surface area contributed by atoms with E-state index < -0.39 is 0 Å². The first-order valence-electron chi connectivity index (χ1n) is 11.7. The average Bonchev–Trinajstić information content (AvgIpc) is 3.49. The van der Waals surface area contributed by atoms with Crippen LogP contribution in [-0.4, -0.2) is 67.8 Å². The number of nitro benzene ring substituents is 1. The number of nitrogens with zero attached hydrogens (tertiary/aromatic N) is 3. The summed E-state index contributed by atoms with van der Waals surface area (Å²) >= 11 is 0. The summed E-state index contributed by atoms with van der Waals surface area (Å²) in [6, 6.07) is 8.44. The van der Waals surface area contributed by atoms with Crippen LogP contribution in [-0.2, 0) is 6.54 Å². The Bertz CT molecular complexity index is 1140.